The number of phosphoric ester groups is 1. The van der Waals surface area contributed by atoms with Crippen LogP contribution in [-0.4, -0.2) is 204 Å². The Morgan fingerprint density at radius 2 is 0.667 bits per heavy atom. The van der Waals surface area contributed by atoms with E-state index < -0.39 is 156 Å². The zero-order valence-corrected chi connectivity index (χ0v) is 66.4. The summed E-state index contributed by atoms with van der Waals surface area (Å²) in [6.45, 7) is 5.86. The Morgan fingerprint density at radius 3 is 1.03 bits per heavy atom. The lowest BCUT2D eigenvalue weighted by molar-refractivity contribution is -0.360. The van der Waals surface area contributed by atoms with Crippen LogP contribution in [0.3, 0.4) is 0 Å². The Hall–Kier alpha value is -2.04. The topological polar surface area (TPSA) is 374 Å². The summed E-state index contributed by atoms with van der Waals surface area (Å²) in [5.41, 5.74) is 0. The Bertz CT molecular complexity index is 2170. The number of hydrogen-bond acceptors (Lipinski definition) is 23. The fourth-order valence-corrected chi connectivity index (χ4v) is 15.3. The summed E-state index contributed by atoms with van der Waals surface area (Å²) in [6.07, 6.45) is 19.8. The fourth-order valence-electron chi connectivity index (χ4n) is 14.4. The van der Waals surface area contributed by atoms with Crippen LogP contribution >= 0.6 is 7.82 Å². The molecule has 24 nitrogen and oxygen atoms in total. The molecular weight excluding hydrogens is 1380 g/mol. The third kappa shape index (κ3) is 43.0. The predicted molar refractivity (Wildman–Crippen MR) is 402 cm³/mol. The van der Waals surface area contributed by atoms with Gasteiger partial charge in [0.1, 0.15) is 98.7 Å². The highest BCUT2D eigenvalue weighted by atomic mass is 31.2. The van der Waals surface area contributed by atoms with Crippen LogP contribution in [0.1, 0.15) is 355 Å². The summed E-state index contributed by atoms with van der Waals surface area (Å²) in [4.78, 5) is 51.3. The van der Waals surface area contributed by atoms with E-state index in [-0.39, 0.29) is 19.3 Å². The summed E-state index contributed by atoms with van der Waals surface area (Å²) in [5.74, 6) is -1.27. The van der Waals surface area contributed by atoms with Crippen LogP contribution in [0, 0.1) is 5.92 Å². The van der Waals surface area contributed by atoms with Crippen LogP contribution in [0.25, 0.3) is 0 Å². The van der Waals surface area contributed by atoms with Crippen LogP contribution in [0.15, 0.2) is 0 Å². The molecule has 0 amide bonds. The zero-order chi connectivity index (χ0) is 76.9. The molecule has 2 aliphatic heterocycles. The van der Waals surface area contributed by atoms with Gasteiger partial charge in [0.05, 0.1) is 13.2 Å². The van der Waals surface area contributed by atoms with E-state index in [9.17, 15) is 74.9 Å². The van der Waals surface area contributed by atoms with Crippen LogP contribution in [0.2, 0.25) is 0 Å². The molecule has 0 bridgehead atoms. The smallest absolute Gasteiger partial charge is 0.463 e. The molecule has 0 radical (unpaired) electrons. The molecule has 19 atom stereocenters. The van der Waals surface area contributed by atoms with E-state index in [1.54, 1.807) is 0 Å². The number of carbonyl (C=O) groups excluding carboxylic acids is 3. The molecule has 620 valence electrons. The second kappa shape index (κ2) is 60.6. The summed E-state index contributed by atoms with van der Waals surface area (Å²) in [6, 6.07) is 0. The Labute approximate surface area is 631 Å². The number of hydrogen-bond donors (Lipinski definition) is 11. The van der Waals surface area contributed by atoms with E-state index in [1.807, 2.05) is 0 Å². The quantitative estimate of drug-likeness (QED) is 0.0117. The van der Waals surface area contributed by atoms with Crippen LogP contribution < -0.4 is 0 Å². The first kappa shape index (κ1) is 97.2. The highest BCUT2D eigenvalue weighted by molar-refractivity contribution is 7.47. The number of phosphoric acid groups is 1. The van der Waals surface area contributed by atoms with Crippen LogP contribution in [0.4, 0.5) is 0 Å². The van der Waals surface area contributed by atoms with Crippen LogP contribution in [-0.2, 0) is 61.2 Å². The van der Waals surface area contributed by atoms with E-state index in [2.05, 4.69) is 27.7 Å². The first-order valence-corrected chi connectivity index (χ1v) is 43.7. The minimum atomic E-state index is -5.70. The third-order valence-corrected chi connectivity index (χ3v) is 22.3. The highest BCUT2D eigenvalue weighted by Crippen LogP contribution is 2.49. The van der Waals surface area contributed by atoms with Gasteiger partial charge in [0, 0.05) is 19.3 Å². The number of ether oxygens (including phenoxy) is 7. The van der Waals surface area contributed by atoms with Gasteiger partial charge in [0.15, 0.2) is 18.7 Å². The second-order valence-corrected chi connectivity index (χ2v) is 32.2. The van der Waals surface area contributed by atoms with Crippen LogP contribution in [0.5, 0.6) is 0 Å². The number of esters is 3. The first-order valence-electron chi connectivity index (χ1n) is 42.2. The van der Waals surface area contributed by atoms with Crippen molar-refractivity contribution in [1.29, 1.82) is 0 Å². The van der Waals surface area contributed by atoms with Gasteiger partial charge in [-0.1, -0.05) is 317 Å². The van der Waals surface area contributed by atoms with Crippen molar-refractivity contribution in [2.75, 3.05) is 26.4 Å². The van der Waals surface area contributed by atoms with Crippen molar-refractivity contribution in [2.24, 2.45) is 5.92 Å². The van der Waals surface area contributed by atoms with E-state index in [0.717, 1.165) is 96.3 Å². The van der Waals surface area contributed by atoms with Gasteiger partial charge in [0.25, 0.3) is 0 Å². The minimum absolute atomic E-state index is 0.0335. The minimum Gasteiger partial charge on any atom is -0.463 e. The van der Waals surface area contributed by atoms with Gasteiger partial charge in [-0.05, 0) is 25.2 Å². The molecule has 0 aromatic rings. The molecule has 0 aromatic carbocycles. The molecule has 0 aromatic heterocycles. The molecule has 3 fully saturated rings. The predicted octanol–water partition coefficient (Wildman–Crippen LogP) is 13.6. The van der Waals surface area contributed by atoms with E-state index in [0.29, 0.717) is 25.2 Å². The third-order valence-electron chi connectivity index (χ3n) is 21.3. The van der Waals surface area contributed by atoms with Gasteiger partial charge in [-0.25, -0.2) is 4.57 Å². The van der Waals surface area contributed by atoms with Gasteiger partial charge in [-0.3, -0.25) is 23.4 Å². The number of aliphatic hydroxyl groups excluding tert-OH is 10. The number of carbonyl (C=O) groups is 3. The highest BCUT2D eigenvalue weighted by Gasteiger charge is 2.58. The van der Waals surface area contributed by atoms with Crippen molar-refractivity contribution in [3.05, 3.63) is 0 Å². The SMILES string of the molecule is CCCCCCCCCCCCCCCCCCCC(=O)OCC1OC(OC2C(O)C(O)C(O)C(OC3OC(CO)C(O)C(O)C3O)C2OP(=O)(O)OCC(COC(=O)CCCCCCCCC(C)CCCCCCCC)OC(=O)CCCCCCCCCCCCCCCCCCC)C(O)C(O)C1O. The standard InChI is InChI=1S/C80H151O24P/c1-5-8-11-14-17-19-21-23-25-27-29-31-33-35-37-43-49-54-65(83)97-59-63-68(86)70(88)75(93)80(101-63)103-77-73(91)71(89)72(90)76(102-79-74(92)69(87)67(85)62(56-81)100-79)78(77)104-105(94,95)98-58-61(57-96-64(82)53-48-44-40-39-42-47-52-60(4)51-46-41-16-13-10-7-3)99-66(84)55-50-45-38-36-34-32-30-28-26-24-22-20-18-15-12-9-6-2/h60-63,67-81,85-93H,5-59H2,1-4H3,(H,94,95). The van der Waals surface area contributed by atoms with Gasteiger partial charge in [-0.2, -0.15) is 0 Å². The van der Waals surface area contributed by atoms with Crippen molar-refractivity contribution in [3.63, 3.8) is 0 Å². The number of rotatable bonds is 67. The lowest BCUT2D eigenvalue weighted by Crippen LogP contribution is -2.69. The maximum atomic E-state index is 14.4. The lowest BCUT2D eigenvalue weighted by atomic mass is 9.84. The van der Waals surface area contributed by atoms with Gasteiger partial charge >= 0.3 is 25.7 Å². The molecule has 1 saturated carbocycles. The molecule has 1 aliphatic carbocycles. The Morgan fingerprint density at radius 1 is 0.362 bits per heavy atom. The number of unbranched alkanes of at least 4 members (excludes halogenated alkanes) is 42. The van der Waals surface area contributed by atoms with Crippen molar-refractivity contribution in [2.45, 2.75) is 459 Å². The summed E-state index contributed by atoms with van der Waals surface area (Å²) in [5, 5.41) is 110. The summed E-state index contributed by atoms with van der Waals surface area (Å²) < 4.78 is 65.4. The van der Waals surface area contributed by atoms with Gasteiger partial charge < -0.3 is 89.1 Å². The summed E-state index contributed by atoms with van der Waals surface area (Å²) in [7, 11) is -5.70. The maximum Gasteiger partial charge on any atom is 0.472 e. The van der Waals surface area contributed by atoms with E-state index in [1.165, 1.54) is 193 Å². The average molecular weight is 1530 g/mol. The molecule has 25 heteroatoms. The van der Waals surface area contributed by atoms with E-state index >= 15 is 0 Å². The molecule has 2 saturated heterocycles. The van der Waals surface area contributed by atoms with Gasteiger partial charge in [-0.15, -0.1) is 0 Å². The maximum absolute atomic E-state index is 14.4. The molecule has 2 heterocycles. The molecule has 3 rings (SSSR count). The molecule has 0 spiro atoms. The van der Waals surface area contributed by atoms with Gasteiger partial charge in [0.2, 0.25) is 0 Å². The van der Waals surface area contributed by atoms with E-state index in [4.69, 9.17) is 42.2 Å². The fraction of sp³-hybridized carbons (Fsp3) is 0.963. The van der Waals surface area contributed by atoms with Crippen molar-refractivity contribution < 1.29 is 117 Å². The molecular formula is C80H151O24P. The first-order chi connectivity index (χ1) is 50.7. The van der Waals surface area contributed by atoms with Crippen molar-refractivity contribution in [3.8, 4) is 0 Å². The normalized spacial score (nSPS) is 26.8. The Balaban J connectivity index is 1.69. The molecule has 19 unspecified atom stereocenters. The van der Waals surface area contributed by atoms with Crippen molar-refractivity contribution in [1.82, 2.24) is 0 Å². The monoisotopic (exact) mass is 1530 g/mol. The average Bonchev–Trinajstić information content (AvgIpc) is 0.759. The Kier molecular flexibility index (Phi) is 56.1. The molecule has 3 aliphatic rings. The largest absolute Gasteiger partial charge is 0.472 e. The second-order valence-electron chi connectivity index (χ2n) is 30.8. The molecule has 11 N–H and O–H groups in total. The zero-order valence-electron chi connectivity index (χ0n) is 65.5. The number of aliphatic hydroxyl groups is 10. The summed E-state index contributed by atoms with van der Waals surface area (Å²) >= 11 is 0. The van der Waals surface area contributed by atoms with Crippen molar-refractivity contribution >= 4 is 25.7 Å². The lowest BCUT2D eigenvalue weighted by Gasteiger charge is -2.49. The molecule has 105 heavy (non-hydrogen) atoms.